The minimum absolute atomic E-state index is 0.0677. The van der Waals surface area contributed by atoms with Gasteiger partial charge in [0.05, 0.1) is 12.7 Å². The Balaban J connectivity index is 1.26. The molecule has 43 heavy (non-hydrogen) atoms. The summed E-state index contributed by atoms with van der Waals surface area (Å²) in [5.41, 5.74) is 1.79. The zero-order chi connectivity index (χ0) is 31.3. The lowest BCUT2D eigenvalue weighted by atomic mass is 9.32. The molecule has 7 heteroatoms. The van der Waals surface area contributed by atoms with Gasteiger partial charge in [-0.15, -0.1) is 0 Å². The number of rotatable bonds is 5. The van der Waals surface area contributed by atoms with E-state index in [-0.39, 0.29) is 33.2 Å². The molecule has 0 amide bonds. The molecule has 1 heterocycles. The molecule has 0 aromatic carbocycles. The molecule has 0 aromatic rings. The van der Waals surface area contributed by atoms with E-state index in [2.05, 4.69) is 48.1 Å². The first-order chi connectivity index (χ1) is 20.1. The second-order valence-corrected chi connectivity index (χ2v) is 17.4. The molecular formula is C36H60O7. The fraction of sp³-hybridized carbons (Fsp3) is 0.944. The van der Waals surface area contributed by atoms with Gasteiger partial charge < -0.3 is 35.0 Å². The van der Waals surface area contributed by atoms with Crippen molar-refractivity contribution in [2.24, 2.45) is 56.7 Å². The Labute approximate surface area is 259 Å². The van der Waals surface area contributed by atoms with Crippen molar-refractivity contribution < 1.29 is 35.0 Å². The molecule has 0 aromatic heterocycles. The zero-order valence-electron chi connectivity index (χ0n) is 27.6. The molecular weight excluding hydrogens is 544 g/mol. The number of hydrogen-bond donors (Lipinski definition) is 5. The van der Waals surface area contributed by atoms with Gasteiger partial charge in [0, 0.05) is 6.61 Å². The number of aliphatic hydroxyl groups excluding tert-OH is 5. The summed E-state index contributed by atoms with van der Waals surface area (Å²) in [6.07, 6.45) is 4.97. The van der Waals surface area contributed by atoms with Gasteiger partial charge in [-0.3, -0.25) is 0 Å². The Hall–Kier alpha value is -0.540. The van der Waals surface area contributed by atoms with Crippen LogP contribution in [-0.2, 0) is 9.47 Å². The van der Waals surface area contributed by atoms with E-state index in [1.807, 2.05) is 0 Å². The van der Waals surface area contributed by atoms with Gasteiger partial charge in [0.2, 0.25) is 0 Å². The fourth-order valence-corrected chi connectivity index (χ4v) is 13.2. The number of fused-ring (bicyclic) bond motifs is 7. The summed E-state index contributed by atoms with van der Waals surface area (Å²) in [4.78, 5) is 0. The van der Waals surface area contributed by atoms with Crippen LogP contribution in [0.15, 0.2) is 12.2 Å². The van der Waals surface area contributed by atoms with E-state index < -0.39 is 37.3 Å². The van der Waals surface area contributed by atoms with Crippen molar-refractivity contribution in [1.82, 2.24) is 0 Å². The molecule has 6 aliphatic rings. The average molecular weight is 605 g/mol. The topological polar surface area (TPSA) is 120 Å². The SMILES string of the molecule is C=C(C)[C@@H]1CC[C@]2(CO)CC[C@]3(C)[C@H](CC[C@@H]4[C@@]5(C)CCC(O[C@@H]6[C@H](O)[C@@H](O)[C@@H](CO)O[C@H]6O)C(C)(C)[C@@H]5CC[C@]43C)[C@@H]12. The maximum atomic E-state index is 10.8. The van der Waals surface area contributed by atoms with Crippen molar-refractivity contribution in [2.75, 3.05) is 13.2 Å². The lowest BCUT2D eigenvalue weighted by Gasteiger charge is -2.73. The molecule has 1 saturated heterocycles. The van der Waals surface area contributed by atoms with Gasteiger partial charge in [-0.25, -0.2) is 0 Å². The standard InChI is InChI=1S/C36H60O7/c1-20(2)21-10-15-36(19-38)17-16-34(6)22(27(21)36)8-9-25-33(5)13-12-26(32(3,4)24(33)11-14-35(25,34)7)43-30-29(40)28(39)23(18-37)42-31(30)41/h21-31,37-41H,1,8-19H2,2-7H3/t21-,22+,23+,24-,25+,26?,27+,28-,29+,30+,31+,33-,34+,35+,36+/m0/s1. The smallest absolute Gasteiger partial charge is 0.184 e. The molecule has 5 N–H and O–H groups in total. The highest BCUT2D eigenvalue weighted by molar-refractivity contribution is 5.21. The minimum Gasteiger partial charge on any atom is -0.396 e. The van der Waals surface area contributed by atoms with Crippen molar-refractivity contribution in [3.63, 3.8) is 0 Å². The molecule has 1 aliphatic heterocycles. The third-order valence-corrected chi connectivity index (χ3v) is 15.7. The van der Waals surface area contributed by atoms with Gasteiger partial charge in [0.15, 0.2) is 6.29 Å². The van der Waals surface area contributed by atoms with Crippen LogP contribution >= 0.6 is 0 Å². The normalized spacial score (nSPS) is 55.9. The Morgan fingerprint density at radius 2 is 1.53 bits per heavy atom. The van der Waals surface area contributed by atoms with E-state index >= 15 is 0 Å². The van der Waals surface area contributed by atoms with Gasteiger partial charge in [0.25, 0.3) is 0 Å². The Morgan fingerprint density at radius 1 is 0.814 bits per heavy atom. The minimum atomic E-state index is -1.40. The van der Waals surface area contributed by atoms with Crippen molar-refractivity contribution in [3.8, 4) is 0 Å². The summed E-state index contributed by atoms with van der Waals surface area (Å²) < 4.78 is 11.9. The molecule has 5 aliphatic carbocycles. The van der Waals surface area contributed by atoms with E-state index in [4.69, 9.17) is 9.47 Å². The van der Waals surface area contributed by atoms with Crippen molar-refractivity contribution in [1.29, 1.82) is 0 Å². The maximum absolute atomic E-state index is 10.8. The molecule has 6 rings (SSSR count). The lowest BCUT2D eigenvalue weighted by molar-refractivity contribution is -0.320. The molecule has 0 spiro atoms. The van der Waals surface area contributed by atoms with Crippen LogP contribution in [0.2, 0.25) is 0 Å². The number of aliphatic hydroxyl groups is 5. The summed E-state index contributed by atoms with van der Waals surface area (Å²) in [6.45, 7) is 18.9. The average Bonchev–Trinajstić information content (AvgIpc) is 3.35. The van der Waals surface area contributed by atoms with Crippen LogP contribution in [0.4, 0.5) is 0 Å². The Kier molecular flexibility index (Phi) is 8.10. The predicted molar refractivity (Wildman–Crippen MR) is 165 cm³/mol. The van der Waals surface area contributed by atoms with Crippen molar-refractivity contribution >= 4 is 0 Å². The highest BCUT2D eigenvalue weighted by atomic mass is 16.7. The van der Waals surface area contributed by atoms with Gasteiger partial charge in [-0.2, -0.15) is 0 Å². The highest BCUT2D eigenvalue weighted by Crippen LogP contribution is 2.77. The summed E-state index contributed by atoms with van der Waals surface area (Å²) in [7, 11) is 0. The second-order valence-electron chi connectivity index (χ2n) is 17.4. The Morgan fingerprint density at radius 3 is 2.19 bits per heavy atom. The summed E-state index contributed by atoms with van der Waals surface area (Å²) in [6, 6.07) is 0. The van der Waals surface area contributed by atoms with Crippen LogP contribution in [0.3, 0.4) is 0 Å². The molecule has 0 bridgehead atoms. The molecule has 6 fully saturated rings. The van der Waals surface area contributed by atoms with E-state index in [9.17, 15) is 25.5 Å². The van der Waals surface area contributed by atoms with Crippen LogP contribution in [0.25, 0.3) is 0 Å². The van der Waals surface area contributed by atoms with Gasteiger partial charge in [0.1, 0.15) is 24.4 Å². The second kappa shape index (κ2) is 10.7. The summed E-state index contributed by atoms with van der Waals surface area (Å²) in [5.74, 6) is 2.72. The van der Waals surface area contributed by atoms with E-state index in [1.54, 1.807) is 0 Å². The monoisotopic (exact) mass is 604 g/mol. The van der Waals surface area contributed by atoms with Gasteiger partial charge in [-0.1, -0.05) is 46.8 Å². The molecule has 7 nitrogen and oxygen atoms in total. The van der Waals surface area contributed by atoms with Gasteiger partial charge in [-0.05, 0) is 128 Å². The van der Waals surface area contributed by atoms with Gasteiger partial charge >= 0.3 is 0 Å². The molecule has 246 valence electrons. The lowest BCUT2D eigenvalue weighted by Crippen LogP contribution is -2.67. The van der Waals surface area contributed by atoms with E-state index in [1.165, 1.54) is 37.7 Å². The zero-order valence-corrected chi connectivity index (χ0v) is 27.6. The van der Waals surface area contributed by atoms with Crippen LogP contribution in [0.5, 0.6) is 0 Å². The molecule has 1 unspecified atom stereocenters. The fourth-order valence-electron chi connectivity index (χ4n) is 13.2. The van der Waals surface area contributed by atoms with E-state index in [0.29, 0.717) is 36.2 Å². The van der Waals surface area contributed by atoms with Crippen molar-refractivity contribution in [3.05, 3.63) is 12.2 Å². The summed E-state index contributed by atoms with van der Waals surface area (Å²) >= 11 is 0. The number of allylic oxidation sites excluding steroid dienone is 1. The van der Waals surface area contributed by atoms with E-state index in [0.717, 1.165) is 32.1 Å². The highest BCUT2D eigenvalue weighted by Gasteiger charge is 2.71. The molecule has 0 radical (unpaired) electrons. The van der Waals surface area contributed by atoms with Crippen LogP contribution < -0.4 is 0 Å². The first-order valence-corrected chi connectivity index (χ1v) is 17.3. The largest absolute Gasteiger partial charge is 0.396 e. The van der Waals surface area contributed by atoms with Crippen LogP contribution in [-0.4, -0.2) is 75.6 Å². The first kappa shape index (κ1) is 32.4. The van der Waals surface area contributed by atoms with Crippen LogP contribution in [0.1, 0.15) is 106 Å². The number of ether oxygens (including phenoxy) is 2. The first-order valence-electron chi connectivity index (χ1n) is 17.3. The number of hydrogen-bond acceptors (Lipinski definition) is 7. The Bertz CT molecular complexity index is 1080. The third-order valence-electron chi connectivity index (χ3n) is 15.7. The maximum Gasteiger partial charge on any atom is 0.184 e. The van der Waals surface area contributed by atoms with Crippen molar-refractivity contribution in [2.45, 2.75) is 143 Å². The molecule has 15 atom stereocenters. The molecule has 5 saturated carbocycles. The predicted octanol–water partition coefficient (Wildman–Crippen LogP) is 4.82. The quantitative estimate of drug-likeness (QED) is 0.286. The summed E-state index contributed by atoms with van der Waals surface area (Å²) in [5, 5.41) is 52.3. The van der Waals surface area contributed by atoms with Crippen LogP contribution in [0, 0.1) is 56.7 Å². The third kappa shape index (κ3) is 4.38.